The molecule has 2 heterocycles. The Morgan fingerprint density at radius 2 is 2.17 bits per heavy atom. The summed E-state index contributed by atoms with van der Waals surface area (Å²) < 4.78 is 1.56. The van der Waals surface area contributed by atoms with E-state index in [1.54, 1.807) is 16.8 Å². The summed E-state index contributed by atoms with van der Waals surface area (Å²) in [6.45, 7) is 6.39. The molecule has 1 amide bonds. The number of hydrogen-bond acceptors (Lipinski definition) is 5. The van der Waals surface area contributed by atoms with E-state index >= 15 is 0 Å². The molecule has 0 saturated carbocycles. The summed E-state index contributed by atoms with van der Waals surface area (Å²) in [4.78, 5) is 14.8. The summed E-state index contributed by atoms with van der Waals surface area (Å²) >= 11 is 0. The normalized spacial score (nSPS) is 18.5. The van der Waals surface area contributed by atoms with Gasteiger partial charge in [0.1, 0.15) is 6.33 Å². The van der Waals surface area contributed by atoms with Gasteiger partial charge in [0.15, 0.2) is 0 Å². The van der Waals surface area contributed by atoms with Crippen molar-refractivity contribution < 1.29 is 4.79 Å². The Bertz CT molecular complexity index is 638. The second-order valence-electron chi connectivity index (χ2n) is 6.32. The van der Waals surface area contributed by atoms with Crippen molar-refractivity contribution in [1.82, 2.24) is 30.4 Å². The molecule has 128 valence electrons. The summed E-state index contributed by atoms with van der Waals surface area (Å²) in [5.74, 6) is 0.528. The van der Waals surface area contributed by atoms with Gasteiger partial charge in [0.25, 0.3) is 5.91 Å². The summed E-state index contributed by atoms with van der Waals surface area (Å²) in [5, 5.41) is 14.1. The van der Waals surface area contributed by atoms with Gasteiger partial charge in [-0.1, -0.05) is 6.92 Å². The van der Waals surface area contributed by atoms with Gasteiger partial charge in [-0.2, -0.15) is 0 Å². The predicted molar refractivity (Wildman–Crippen MR) is 90.9 cm³/mol. The van der Waals surface area contributed by atoms with Crippen LogP contribution in [0.1, 0.15) is 36.5 Å². The molecule has 0 spiro atoms. The summed E-state index contributed by atoms with van der Waals surface area (Å²) in [6, 6.07) is 7.29. The van der Waals surface area contributed by atoms with Crippen LogP contribution in [0.5, 0.6) is 0 Å². The highest BCUT2D eigenvalue weighted by atomic mass is 16.1. The lowest BCUT2D eigenvalue weighted by Crippen LogP contribution is -2.41. The maximum atomic E-state index is 12.3. The molecule has 24 heavy (non-hydrogen) atoms. The van der Waals surface area contributed by atoms with E-state index in [2.05, 4.69) is 32.7 Å². The van der Waals surface area contributed by atoms with Crippen molar-refractivity contribution in [2.45, 2.75) is 26.2 Å². The van der Waals surface area contributed by atoms with Gasteiger partial charge in [-0.05, 0) is 73.0 Å². The number of tetrazole rings is 1. The zero-order valence-electron chi connectivity index (χ0n) is 14.1. The number of rotatable bonds is 6. The SMILES string of the molecule is CCCN1CCCC(CNC(=O)c2ccc(-n3cnnn3)cc2)C1. The molecule has 7 heteroatoms. The Balaban J connectivity index is 1.51. The van der Waals surface area contributed by atoms with Crippen LogP contribution in [-0.4, -0.2) is 57.2 Å². The third kappa shape index (κ3) is 4.17. The van der Waals surface area contributed by atoms with Crippen LogP contribution >= 0.6 is 0 Å². The maximum Gasteiger partial charge on any atom is 0.251 e. The fourth-order valence-corrected chi connectivity index (χ4v) is 3.22. The number of amides is 1. The molecular weight excluding hydrogens is 304 g/mol. The second-order valence-corrected chi connectivity index (χ2v) is 6.32. The van der Waals surface area contributed by atoms with E-state index in [1.165, 1.54) is 32.1 Å². The highest BCUT2D eigenvalue weighted by Crippen LogP contribution is 2.16. The highest BCUT2D eigenvalue weighted by molar-refractivity contribution is 5.94. The Hall–Kier alpha value is -2.28. The Labute approximate surface area is 142 Å². The molecule has 1 atom stereocenters. The average Bonchev–Trinajstić information content (AvgIpc) is 3.15. The largest absolute Gasteiger partial charge is 0.352 e. The molecule has 1 aliphatic heterocycles. The fourth-order valence-electron chi connectivity index (χ4n) is 3.22. The fraction of sp³-hybridized carbons (Fsp3) is 0.529. The Morgan fingerprint density at radius 3 is 2.88 bits per heavy atom. The average molecular weight is 328 g/mol. The number of carbonyl (C=O) groups is 1. The molecule has 1 aliphatic rings. The van der Waals surface area contributed by atoms with Gasteiger partial charge in [0.2, 0.25) is 0 Å². The minimum absolute atomic E-state index is 0.0223. The van der Waals surface area contributed by atoms with Crippen molar-refractivity contribution in [3.63, 3.8) is 0 Å². The number of likely N-dealkylation sites (tertiary alicyclic amines) is 1. The Morgan fingerprint density at radius 1 is 1.33 bits per heavy atom. The van der Waals surface area contributed by atoms with Crippen LogP contribution in [0.2, 0.25) is 0 Å². The van der Waals surface area contributed by atoms with Crippen LogP contribution in [0.4, 0.5) is 0 Å². The second kappa shape index (κ2) is 8.01. The third-order valence-corrected chi connectivity index (χ3v) is 4.44. The molecule has 1 aromatic carbocycles. The minimum Gasteiger partial charge on any atom is -0.352 e. The van der Waals surface area contributed by atoms with Gasteiger partial charge in [0, 0.05) is 18.7 Å². The predicted octanol–water partition coefficient (Wildman–Crippen LogP) is 1.51. The van der Waals surface area contributed by atoms with Gasteiger partial charge < -0.3 is 10.2 Å². The first kappa shape index (κ1) is 16.6. The quantitative estimate of drug-likeness (QED) is 0.870. The smallest absolute Gasteiger partial charge is 0.251 e. The van der Waals surface area contributed by atoms with Crippen LogP contribution in [0, 0.1) is 5.92 Å². The molecular formula is C17H24N6O. The summed E-state index contributed by atoms with van der Waals surface area (Å²) in [5.41, 5.74) is 1.49. The zero-order chi connectivity index (χ0) is 16.8. The standard InChI is InChI=1S/C17H24N6O/c1-2-9-22-10-3-4-14(12-22)11-18-17(24)15-5-7-16(8-6-15)23-13-19-20-21-23/h5-8,13-14H,2-4,9-12H2,1H3,(H,18,24). The topological polar surface area (TPSA) is 75.9 Å². The molecule has 0 bridgehead atoms. The molecule has 1 aromatic heterocycles. The highest BCUT2D eigenvalue weighted by Gasteiger charge is 2.19. The molecule has 1 N–H and O–H groups in total. The van der Waals surface area contributed by atoms with Crippen molar-refractivity contribution in [3.8, 4) is 5.69 Å². The molecule has 0 aliphatic carbocycles. The summed E-state index contributed by atoms with van der Waals surface area (Å²) in [7, 11) is 0. The van der Waals surface area contributed by atoms with E-state index in [1.807, 2.05) is 12.1 Å². The number of nitrogens with zero attached hydrogens (tertiary/aromatic N) is 5. The van der Waals surface area contributed by atoms with Gasteiger partial charge in [0.05, 0.1) is 5.69 Å². The number of nitrogens with one attached hydrogen (secondary N) is 1. The van der Waals surface area contributed by atoms with Crippen LogP contribution in [0.15, 0.2) is 30.6 Å². The molecule has 7 nitrogen and oxygen atoms in total. The summed E-state index contributed by atoms with van der Waals surface area (Å²) in [6.07, 6.45) is 5.13. The van der Waals surface area contributed by atoms with Crippen molar-refractivity contribution in [2.24, 2.45) is 5.92 Å². The van der Waals surface area contributed by atoms with E-state index in [9.17, 15) is 4.79 Å². The maximum absolute atomic E-state index is 12.3. The van der Waals surface area contributed by atoms with Gasteiger partial charge in [-0.3, -0.25) is 4.79 Å². The number of carbonyl (C=O) groups excluding carboxylic acids is 1. The number of aromatic nitrogens is 4. The lowest BCUT2D eigenvalue weighted by molar-refractivity contribution is 0.0932. The van der Waals surface area contributed by atoms with E-state index in [4.69, 9.17) is 0 Å². The Kier molecular flexibility index (Phi) is 5.53. The van der Waals surface area contributed by atoms with Gasteiger partial charge >= 0.3 is 0 Å². The van der Waals surface area contributed by atoms with E-state index in [0.29, 0.717) is 11.5 Å². The van der Waals surface area contributed by atoms with Gasteiger partial charge in [-0.15, -0.1) is 5.10 Å². The minimum atomic E-state index is -0.0223. The van der Waals surface area contributed by atoms with Crippen LogP contribution in [0.3, 0.4) is 0 Å². The third-order valence-electron chi connectivity index (χ3n) is 4.44. The first-order chi connectivity index (χ1) is 11.8. The van der Waals surface area contributed by atoms with Crippen LogP contribution < -0.4 is 5.32 Å². The van der Waals surface area contributed by atoms with Gasteiger partial charge in [-0.25, -0.2) is 4.68 Å². The first-order valence-electron chi connectivity index (χ1n) is 8.60. The van der Waals surface area contributed by atoms with Crippen molar-refractivity contribution in [3.05, 3.63) is 36.2 Å². The van der Waals surface area contributed by atoms with E-state index in [-0.39, 0.29) is 5.91 Å². The first-order valence-corrected chi connectivity index (χ1v) is 8.60. The molecule has 0 radical (unpaired) electrons. The monoisotopic (exact) mass is 328 g/mol. The van der Waals surface area contributed by atoms with Crippen LogP contribution in [0.25, 0.3) is 5.69 Å². The zero-order valence-corrected chi connectivity index (χ0v) is 14.1. The molecule has 1 saturated heterocycles. The molecule has 1 unspecified atom stereocenters. The van der Waals surface area contributed by atoms with E-state index in [0.717, 1.165) is 25.3 Å². The van der Waals surface area contributed by atoms with Crippen molar-refractivity contribution in [1.29, 1.82) is 0 Å². The molecule has 2 aromatic rings. The van der Waals surface area contributed by atoms with Crippen molar-refractivity contribution in [2.75, 3.05) is 26.2 Å². The van der Waals surface area contributed by atoms with E-state index < -0.39 is 0 Å². The molecule has 3 rings (SSSR count). The lowest BCUT2D eigenvalue weighted by atomic mass is 9.97. The number of hydrogen-bond donors (Lipinski definition) is 1. The van der Waals surface area contributed by atoms with Crippen molar-refractivity contribution >= 4 is 5.91 Å². The van der Waals surface area contributed by atoms with Crippen LogP contribution in [-0.2, 0) is 0 Å². The lowest BCUT2D eigenvalue weighted by Gasteiger charge is -2.32. The number of benzene rings is 1. The number of piperidine rings is 1. The molecule has 1 fully saturated rings.